The van der Waals surface area contributed by atoms with E-state index >= 15 is 0 Å². The molecule has 0 radical (unpaired) electrons. The topological polar surface area (TPSA) is 69.9 Å². The predicted molar refractivity (Wildman–Crippen MR) is 36.3 cm³/mol. The Bertz CT molecular complexity index is 203. The van der Waals surface area contributed by atoms with Crippen molar-refractivity contribution in [2.75, 3.05) is 11.6 Å². The van der Waals surface area contributed by atoms with E-state index in [0.29, 0.717) is 5.82 Å². The summed E-state index contributed by atoms with van der Waals surface area (Å²) in [5.74, 6) is 6.71. The Labute approximate surface area is 53.4 Å². The number of nitrogen functional groups attached to an aromatic ring is 2. The average molecular weight is 126 g/mol. The van der Waals surface area contributed by atoms with Gasteiger partial charge < -0.3 is 11.6 Å². The molecule has 0 aliphatic carbocycles. The first kappa shape index (κ1) is 5.94. The van der Waals surface area contributed by atoms with Gasteiger partial charge in [-0.15, -0.1) is 0 Å². The second-order valence-corrected chi connectivity index (χ2v) is 2.00. The number of anilines is 1. The molecule has 0 saturated carbocycles. The molecule has 1 aromatic heterocycles. The molecule has 0 fully saturated rings. The van der Waals surface area contributed by atoms with Gasteiger partial charge in [0.25, 0.3) is 0 Å². The Morgan fingerprint density at radius 3 is 2.11 bits per heavy atom. The minimum Gasteiger partial charge on any atom is -0.382 e. The number of aromatic nitrogens is 2. The Balaban J connectivity index is 3.29. The van der Waals surface area contributed by atoms with Crippen LogP contribution in [0, 0.1) is 13.8 Å². The number of imidazole rings is 1. The fourth-order valence-electron chi connectivity index (χ4n) is 0.702. The Morgan fingerprint density at radius 1 is 1.44 bits per heavy atom. The number of hydrogen-bond acceptors (Lipinski definition) is 3. The lowest BCUT2D eigenvalue weighted by Gasteiger charge is -1.95. The van der Waals surface area contributed by atoms with E-state index < -0.39 is 0 Å². The molecule has 0 amide bonds. The molecular formula is C5H10N4. The van der Waals surface area contributed by atoms with Gasteiger partial charge in [-0.3, -0.25) is 0 Å². The van der Waals surface area contributed by atoms with Gasteiger partial charge >= 0.3 is 0 Å². The van der Waals surface area contributed by atoms with Crippen LogP contribution in [0.4, 0.5) is 5.82 Å². The van der Waals surface area contributed by atoms with E-state index in [-0.39, 0.29) is 0 Å². The molecule has 4 heteroatoms. The van der Waals surface area contributed by atoms with E-state index in [2.05, 4.69) is 4.98 Å². The van der Waals surface area contributed by atoms with Crippen molar-refractivity contribution in [3.63, 3.8) is 0 Å². The minimum absolute atomic E-state index is 0.535. The molecule has 0 spiro atoms. The number of hydrogen-bond donors (Lipinski definition) is 2. The summed E-state index contributed by atoms with van der Waals surface area (Å²) < 4.78 is 1.37. The molecule has 0 atom stereocenters. The van der Waals surface area contributed by atoms with E-state index in [9.17, 15) is 0 Å². The summed E-state index contributed by atoms with van der Waals surface area (Å²) in [5.41, 5.74) is 6.27. The lowest BCUT2D eigenvalue weighted by molar-refractivity contribution is 0.937. The van der Waals surface area contributed by atoms with Crippen molar-refractivity contribution in [3.8, 4) is 0 Å². The summed E-state index contributed by atoms with van der Waals surface area (Å²) >= 11 is 0. The summed E-state index contributed by atoms with van der Waals surface area (Å²) in [5, 5.41) is 0. The normalized spacial score (nSPS) is 10.0. The molecule has 1 rings (SSSR count). The maximum Gasteiger partial charge on any atom is 0.145 e. The molecule has 1 heterocycles. The molecule has 0 aliphatic heterocycles. The van der Waals surface area contributed by atoms with Crippen LogP contribution in [0.15, 0.2) is 0 Å². The van der Waals surface area contributed by atoms with Crippen molar-refractivity contribution in [1.29, 1.82) is 0 Å². The third-order valence-electron chi connectivity index (χ3n) is 1.31. The smallest absolute Gasteiger partial charge is 0.145 e. The SMILES string of the molecule is Cc1nc(C)n(N)c1N. The van der Waals surface area contributed by atoms with Crippen molar-refractivity contribution in [2.45, 2.75) is 13.8 Å². The van der Waals surface area contributed by atoms with Gasteiger partial charge in [0.1, 0.15) is 11.6 Å². The van der Waals surface area contributed by atoms with Gasteiger partial charge in [0.05, 0.1) is 5.69 Å². The molecule has 4 nitrogen and oxygen atoms in total. The van der Waals surface area contributed by atoms with Gasteiger partial charge in [-0.1, -0.05) is 0 Å². The highest BCUT2D eigenvalue weighted by atomic mass is 15.4. The van der Waals surface area contributed by atoms with Crippen LogP contribution < -0.4 is 11.6 Å². The monoisotopic (exact) mass is 126 g/mol. The maximum atomic E-state index is 5.48. The largest absolute Gasteiger partial charge is 0.382 e. The third-order valence-corrected chi connectivity index (χ3v) is 1.31. The molecule has 0 unspecified atom stereocenters. The first-order valence-corrected chi connectivity index (χ1v) is 2.69. The van der Waals surface area contributed by atoms with E-state index in [1.165, 1.54) is 4.68 Å². The zero-order chi connectivity index (χ0) is 7.02. The summed E-state index contributed by atoms with van der Waals surface area (Å²) in [6.07, 6.45) is 0. The molecule has 0 aromatic carbocycles. The van der Waals surface area contributed by atoms with Crippen molar-refractivity contribution in [2.24, 2.45) is 0 Å². The Kier molecular flexibility index (Phi) is 1.09. The van der Waals surface area contributed by atoms with Gasteiger partial charge in [-0.2, -0.15) is 0 Å². The number of nitrogens with zero attached hydrogens (tertiary/aromatic N) is 2. The fraction of sp³-hybridized carbons (Fsp3) is 0.400. The molecular weight excluding hydrogens is 116 g/mol. The van der Waals surface area contributed by atoms with Gasteiger partial charge in [0, 0.05) is 0 Å². The number of rotatable bonds is 0. The molecule has 50 valence electrons. The summed E-state index contributed by atoms with van der Waals surface area (Å²) in [6, 6.07) is 0. The van der Waals surface area contributed by atoms with Crippen LogP contribution in [0.1, 0.15) is 11.5 Å². The van der Waals surface area contributed by atoms with Crippen molar-refractivity contribution in [1.82, 2.24) is 9.66 Å². The molecule has 0 bridgehead atoms. The van der Waals surface area contributed by atoms with Gasteiger partial charge in [-0.25, -0.2) is 9.66 Å². The van der Waals surface area contributed by atoms with E-state index in [0.717, 1.165) is 11.5 Å². The second kappa shape index (κ2) is 1.65. The highest BCUT2D eigenvalue weighted by Gasteiger charge is 2.02. The number of aryl methyl sites for hydroxylation is 2. The van der Waals surface area contributed by atoms with Gasteiger partial charge in [0.2, 0.25) is 0 Å². The van der Waals surface area contributed by atoms with E-state index in [1.807, 2.05) is 13.8 Å². The summed E-state index contributed by atoms with van der Waals surface area (Å²) in [7, 11) is 0. The van der Waals surface area contributed by atoms with Crippen LogP contribution in [0.3, 0.4) is 0 Å². The summed E-state index contributed by atoms with van der Waals surface area (Å²) in [4.78, 5) is 4.02. The zero-order valence-corrected chi connectivity index (χ0v) is 5.55. The molecule has 0 aliphatic rings. The molecule has 0 saturated heterocycles. The summed E-state index contributed by atoms with van der Waals surface area (Å²) in [6.45, 7) is 3.63. The van der Waals surface area contributed by atoms with Crippen LogP contribution >= 0.6 is 0 Å². The van der Waals surface area contributed by atoms with E-state index in [1.54, 1.807) is 0 Å². The highest BCUT2D eigenvalue weighted by molar-refractivity contribution is 5.36. The van der Waals surface area contributed by atoms with Gasteiger partial charge in [-0.05, 0) is 13.8 Å². The highest BCUT2D eigenvalue weighted by Crippen LogP contribution is 2.07. The first-order valence-electron chi connectivity index (χ1n) is 2.69. The molecule has 4 N–H and O–H groups in total. The second-order valence-electron chi connectivity index (χ2n) is 2.00. The van der Waals surface area contributed by atoms with Crippen LogP contribution in [-0.2, 0) is 0 Å². The fourth-order valence-corrected chi connectivity index (χ4v) is 0.702. The zero-order valence-electron chi connectivity index (χ0n) is 5.55. The maximum absolute atomic E-state index is 5.48. The standard InChI is InChI=1S/C5H10N4/c1-3-5(6)9(7)4(2)8-3/h6-7H2,1-2H3. The first-order chi connectivity index (χ1) is 4.13. The van der Waals surface area contributed by atoms with Crippen molar-refractivity contribution in [3.05, 3.63) is 11.5 Å². The lowest BCUT2D eigenvalue weighted by Crippen LogP contribution is -2.13. The van der Waals surface area contributed by atoms with E-state index in [4.69, 9.17) is 11.6 Å². The van der Waals surface area contributed by atoms with Crippen LogP contribution in [0.2, 0.25) is 0 Å². The van der Waals surface area contributed by atoms with Crippen LogP contribution in [0.5, 0.6) is 0 Å². The number of nitrogens with two attached hydrogens (primary N) is 2. The Hall–Kier alpha value is -1.19. The third kappa shape index (κ3) is 0.718. The molecule has 1 aromatic rings. The van der Waals surface area contributed by atoms with Crippen molar-refractivity contribution < 1.29 is 0 Å². The predicted octanol–water partition coefficient (Wildman–Crippen LogP) is -0.204. The lowest BCUT2D eigenvalue weighted by atomic mass is 10.5. The average Bonchev–Trinajstić information content (AvgIpc) is 1.98. The van der Waals surface area contributed by atoms with Crippen LogP contribution in [0.25, 0.3) is 0 Å². The Morgan fingerprint density at radius 2 is 2.00 bits per heavy atom. The quantitative estimate of drug-likeness (QED) is 0.473. The van der Waals surface area contributed by atoms with Crippen LogP contribution in [-0.4, -0.2) is 9.66 Å². The van der Waals surface area contributed by atoms with Crippen molar-refractivity contribution >= 4 is 5.82 Å². The molecule has 9 heavy (non-hydrogen) atoms. The minimum atomic E-state index is 0.535. The van der Waals surface area contributed by atoms with Gasteiger partial charge in [0.15, 0.2) is 0 Å².